The maximum atomic E-state index is 13.5. The van der Waals surface area contributed by atoms with E-state index in [4.69, 9.17) is 4.74 Å². The van der Waals surface area contributed by atoms with Crippen molar-refractivity contribution >= 4 is 34.5 Å². The normalized spacial score (nSPS) is 17.9. The molecule has 1 saturated heterocycles. The lowest BCUT2D eigenvalue weighted by Crippen LogP contribution is -2.29. The van der Waals surface area contributed by atoms with E-state index < -0.39 is 17.7 Å². The number of benzene rings is 3. The highest BCUT2D eigenvalue weighted by molar-refractivity contribution is 6.51. The van der Waals surface area contributed by atoms with Gasteiger partial charge in [0.05, 0.1) is 18.2 Å². The summed E-state index contributed by atoms with van der Waals surface area (Å²) in [5.41, 5.74) is 4.94. The van der Waals surface area contributed by atoms with Crippen molar-refractivity contribution in [3.8, 4) is 5.75 Å². The van der Waals surface area contributed by atoms with Gasteiger partial charge >= 0.3 is 0 Å². The molecule has 5 rings (SSSR count). The molecule has 7 nitrogen and oxygen atoms in total. The highest BCUT2D eigenvalue weighted by Crippen LogP contribution is 2.43. The van der Waals surface area contributed by atoms with Crippen LogP contribution in [-0.2, 0) is 16.0 Å². The average molecular weight is 512 g/mol. The summed E-state index contributed by atoms with van der Waals surface area (Å²) in [6.45, 7) is 6.53. The van der Waals surface area contributed by atoms with Gasteiger partial charge in [-0.2, -0.15) is 0 Å². The predicted octanol–water partition coefficient (Wildman–Crippen LogP) is 5.16. The van der Waals surface area contributed by atoms with E-state index in [2.05, 4.69) is 18.7 Å². The lowest BCUT2D eigenvalue weighted by atomic mass is 9.94. The van der Waals surface area contributed by atoms with Gasteiger partial charge in [-0.15, -0.1) is 0 Å². The van der Waals surface area contributed by atoms with Crippen molar-refractivity contribution in [2.45, 2.75) is 26.3 Å². The van der Waals surface area contributed by atoms with Crippen LogP contribution in [0.5, 0.6) is 5.75 Å². The molecule has 3 aromatic carbocycles. The molecule has 0 radical (unpaired) electrons. The van der Waals surface area contributed by atoms with Gasteiger partial charge in [-0.05, 0) is 79.6 Å². The molecule has 0 bridgehead atoms. The van der Waals surface area contributed by atoms with E-state index >= 15 is 0 Å². The van der Waals surface area contributed by atoms with Crippen LogP contribution in [0.4, 0.5) is 17.1 Å². The number of aliphatic hydroxyl groups excluding tert-OH is 1. The largest absolute Gasteiger partial charge is 0.507 e. The number of rotatable bonds is 7. The van der Waals surface area contributed by atoms with Crippen molar-refractivity contribution in [3.63, 3.8) is 0 Å². The van der Waals surface area contributed by atoms with E-state index in [-0.39, 0.29) is 11.3 Å². The van der Waals surface area contributed by atoms with E-state index in [0.29, 0.717) is 17.9 Å². The third-order valence-electron chi connectivity index (χ3n) is 7.39. The highest BCUT2D eigenvalue weighted by atomic mass is 16.5. The topological polar surface area (TPSA) is 73.3 Å². The van der Waals surface area contributed by atoms with Crippen molar-refractivity contribution in [1.29, 1.82) is 0 Å². The molecule has 0 aromatic heterocycles. The maximum Gasteiger partial charge on any atom is 0.300 e. The molecule has 1 N–H and O–H groups in total. The number of Topliss-reactive ketones (excluding diaryl/α,β-unsaturated/α-hetero) is 1. The van der Waals surface area contributed by atoms with Gasteiger partial charge in [-0.1, -0.05) is 12.1 Å². The lowest BCUT2D eigenvalue weighted by Gasteiger charge is -2.27. The first-order valence-corrected chi connectivity index (χ1v) is 13.0. The van der Waals surface area contributed by atoms with Crippen molar-refractivity contribution < 1.29 is 19.4 Å². The number of fused-ring (bicyclic) bond motifs is 1. The fourth-order valence-electron chi connectivity index (χ4n) is 5.27. The molecule has 7 heteroatoms. The predicted molar refractivity (Wildman–Crippen MR) is 151 cm³/mol. The lowest BCUT2D eigenvalue weighted by molar-refractivity contribution is -0.132. The average Bonchev–Trinajstić information content (AvgIpc) is 3.51. The Bertz CT molecular complexity index is 1390. The molecule has 3 aromatic rings. The minimum Gasteiger partial charge on any atom is -0.507 e. The van der Waals surface area contributed by atoms with Gasteiger partial charge in [0.2, 0.25) is 0 Å². The van der Waals surface area contributed by atoms with Crippen molar-refractivity contribution in [2.75, 3.05) is 48.5 Å². The summed E-state index contributed by atoms with van der Waals surface area (Å²) in [5.74, 6) is -0.755. The Morgan fingerprint density at radius 1 is 0.947 bits per heavy atom. The van der Waals surface area contributed by atoms with Crippen LogP contribution in [-0.4, -0.2) is 50.6 Å². The third-order valence-corrected chi connectivity index (χ3v) is 7.39. The molecule has 1 unspecified atom stereocenters. The summed E-state index contributed by atoms with van der Waals surface area (Å²) in [5, 5.41) is 11.5. The first-order valence-electron chi connectivity index (χ1n) is 13.0. The highest BCUT2D eigenvalue weighted by Gasteiger charge is 2.47. The van der Waals surface area contributed by atoms with Gasteiger partial charge in [-0.25, -0.2) is 0 Å². The van der Waals surface area contributed by atoms with E-state index in [1.807, 2.05) is 73.6 Å². The summed E-state index contributed by atoms with van der Waals surface area (Å²) in [6, 6.07) is 20.0. The Morgan fingerprint density at radius 3 is 2.24 bits per heavy atom. The minimum atomic E-state index is -0.768. The minimum absolute atomic E-state index is 0.0844. The van der Waals surface area contributed by atoms with E-state index in [1.165, 1.54) is 4.90 Å². The number of carbonyl (C=O) groups excluding carboxylic acids is 2. The number of ketones is 1. The Balaban J connectivity index is 1.65. The Morgan fingerprint density at radius 2 is 1.61 bits per heavy atom. The van der Waals surface area contributed by atoms with E-state index in [1.54, 1.807) is 12.1 Å². The van der Waals surface area contributed by atoms with E-state index in [9.17, 15) is 14.7 Å². The zero-order chi connectivity index (χ0) is 27.0. The second-order valence-electron chi connectivity index (χ2n) is 9.76. The molecule has 38 heavy (non-hydrogen) atoms. The number of hydrogen-bond acceptors (Lipinski definition) is 6. The van der Waals surface area contributed by atoms with Crippen LogP contribution in [0.3, 0.4) is 0 Å². The number of anilines is 3. The Labute approximate surface area is 223 Å². The van der Waals surface area contributed by atoms with Gasteiger partial charge < -0.3 is 19.6 Å². The van der Waals surface area contributed by atoms with Crippen LogP contribution < -0.4 is 19.4 Å². The van der Waals surface area contributed by atoms with Crippen LogP contribution in [0, 0.1) is 0 Å². The van der Waals surface area contributed by atoms with Crippen LogP contribution in [0.25, 0.3) is 5.76 Å². The SMILES string of the molecule is CCN(CC)c1ccc(C2/C(=C(/O)c3ccc4c(c3)CCO4)C(=O)C(=O)N2c2ccc(N(C)C)cc2)cc1. The second kappa shape index (κ2) is 10.2. The van der Waals surface area contributed by atoms with Gasteiger partial charge in [0.25, 0.3) is 11.7 Å². The molecule has 0 spiro atoms. The molecule has 0 saturated carbocycles. The summed E-state index contributed by atoms with van der Waals surface area (Å²) in [7, 11) is 3.89. The summed E-state index contributed by atoms with van der Waals surface area (Å²) >= 11 is 0. The van der Waals surface area contributed by atoms with E-state index in [0.717, 1.165) is 47.8 Å². The van der Waals surface area contributed by atoms with Crippen LogP contribution in [0.1, 0.15) is 36.6 Å². The summed E-state index contributed by atoms with van der Waals surface area (Å²) in [4.78, 5) is 32.7. The number of amides is 1. The van der Waals surface area contributed by atoms with Gasteiger partial charge in [0.1, 0.15) is 11.5 Å². The summed E-state index contributed by atoms with van der Waals surface area (Å²) < 4.78 is 5.60. The zero-order valence-corrected chi connectivity index (χ0v) is 22.3. The van der Waals surface area contributed by atoms with Gasteiger partial charge in [0, 0.05) is 56.2 Å². The Hall–Kier alpha value is -4.26. The molecule has 1 fully saturated rings. The monoisotopic (exact) mass is 511 g/mol. The molecule has 0 aliphatic carbocycles. The number of carbonyl (C=O) groups is 2. The molecular formula is C31H33N3O4. The fraction of sp³-hybridized carbons (Fsp3) is 0.290. The van der Waals surface area contributed by atoms with Crippen molar-refractivity contribution in [2.24, 2.45) is 0 Å². The third kappa shape index (κ3) is 4.38. The number of ether oxygens (including phenoxy) is 1. The number of aliphatic hydroxyl groups is 1. The number of hydrogen-bond donors (Lipinski definition) is 1. The Kier molecular flexibility index (Phi) is 6.85. The van der Waals surface area contributed by atoms with Crippen LogP contribution >= 0.6 is 0 Å². The zero-order valence-electron chi connectivity index (χ0n) is 22.3. The van der Waals surface area contributed by atoms with Gasteiger partial charge in [-0.3, -0.25) is 14.5 Å². The molecule has 1 atom stereocenters. The first-order chi connectivity index (χ1) is 18.3. The smallest absolute Gasteiger partial charge is 0.300 e. The molecule has 2 aliphatic rings. The van der Waals surface area contributed by atoms with Crippen LogP contribution in [0.2, 0.25) is 0 Å². The van der Waals surface area contributed by atoms with Crippen molar-refractivity contribution in [1.82, 2.24) is 0 Å². The molecule has 2 heterocycles. The molecular weight excluding hydrogens is 478 g/mol. The molecule has 2 aliphatic heterocycles. The molecule has 1 amide bonds. The first kappa shape index (κ1) is 25.4. The fourth-order valence-corrected chi connectivity index (χ4v) is 5.27. The standard InChI is InChI=1S/C31H33N3O4/c1-5-33(6-2)24-10-7-20(8-11-24)28-27(29(35)22-9-16-26-21(19-22)17-18-38-26)30(36)31(37)34(28)25-14-12-23(13-15-25)32(3)4/h7-16,19,28,35H,5-6,17-18H2,1-4H3/b29-27-. The maximum absolute atomic E-state index is 13.5. The van der Waals surface area contributed by atoms with Gasteiger partial charge in [0.15, 0.2) is 0 Å². The number of nitrogens with zero attached hydrogens (tertiary/aromatic N) is 3. The summed E-state index contributed by atoms with van der Waals surface area (Å²) in [6.07, 6.45) is 0.735. The van der Waals surface area contributed by atoms with Crippen LogP contribution in [0.15, 0.2) is 72.3 Å². The van der Waals surface area contributed by atoms with Crippen molar-refractivity contribution in [3.05, 3.63) is 89.0 Å². The quantitative estimate of drug-likeness (QED) is 0.268. The second-order valence-corrected chi connectivity index (χ2v) is 9.76. The molecule has 196 valence electrons.